The Morgan fingerprint density at radius 1 is 1.21 bits per heavy atom. The van der Waals surface area contributed by atoms with Gasteiger partial charge in [-0.3, -0.25) is 9.59 Å². The van der Waals surface area contributed by atoms with Gasteiger partial charge in [-0.1, -0.05) is 13.8 Å². The molecule has 24 heavy (non-hydrogen) atoms. The lowest BCUT2D eigenvalue weighted by molar-refractivity contribution is -0.904. The van der Waals surface area contributed by atoms with Crippen molar-refractivity contribution in [3.05, 3.63) is 24.3 Å². The summed E-state index contributed by atoms with van der Waals surface area (Å²) in [6, 6.07) is 7.60. The van der Waals surface area contributed by atoms with Crippen molar-refractivity contribution in [1.82, 2.24) is 0 Å². The summed E-state index contributed by atoms with van der Waals surface area (Å²) in [5, 5.41) is 2.98. The van der Waals surface area contributed by atoms with Crippen molar-refractivity contribution in [3.8, 4) is 0 Å². The standard InChI is InChI=1S/C19H27N3O2/c1-14-10-15(2)12-21(11-14)13-18(23)20-16-5-7-17(8-6-16)22-9-3-4-19(22)24/h5-8,14-15H,3-4,9-13H2,1-2H3,(H,20,23)/p+1/t14-,15-/m0/s1. The largest absolute Gasteiger partial charge is 0.327 e. The van der Waals surface area contributed by atoms with Gasteiger partial charge in [0.25, 0.3) is 5.91 Å². The van der Waals surface area contributed by atoms with Crippen molar-refractivity contribution in [2.24, 2.45) is 11.8 Å². The third-order valence-electron chi connectivity index (χ3n) is 5.03. The number of hydrogen-bond acceptors (Lipinski definition) is 2. The molecule has 0 bridgehead atoms. The Morgan fingerprint density at radius 3 is 2.46 bits per heavy atom. The molecule has 2 fully saturated rings. The van der Waals surface area contributed by atoms with Gasteiger partial charge >= 0.3 is 0 Å². The molecule has 0 radical (unpaired) electrons. The molecule has 0 aliphatic carbocycles. The van der Waals surface area contributed by atoms with Gasteiger partial charge in [-0.05, 0) is 37.1 Å². The van der Waals surface area contributed by atoms with Gasteiger partial charge in [-0.15, -0.1) is 0 Å². The average Bonchev–Trinajstić information content (AvgIpc) is 2.93. The molecule has 0 saturated carbocycles. The van der Waals surface area contributed by atoms with E-state index in [9.17, 15) is 9.59 Å². The van der Waals surface area contributed by atoms with Gasteiger partial charge in [-0.2, -0.15) is 0 Å². The zero-order valence-corrected chi connectivity index (χ0v) is 14.7. The van der Waals surface area contributed by atoms with Crippen molar-refractivity contribution in [3.63, 3.8) is 0 Å². The third kappa shape index (κ3) is 4.15. The summed E-state index contributed by atoms with van der Waals surface area (Å²) in [5.41, 5.74) is 1.72. The summed E-state index contributed by atoms with van der Waals surface area (Å²) in [6.45, 7) is 8.01. The van der Waals surface area contributed by atoms with E-state index in [0.717, 1.165) is 37.4 Å². The molecule has 0 spiro atoms. The third-order valence-corrected chi connectivity index (χ3v) is 5.03. The molecule has 5 nitrogen and oxygen atoms in total. The predicted molar refractivity (Wildman–Crippen MR) is 95.2 cm³/mol. The molecule has 2 aliphatic heterocycles. The molecule has 0 unspecified atom stereocenters. The maximum absolute atomic E-state index is 12.3. The molecule has 5 heteroatoms. The van der Waals surface area contributed by atoms with Crippen LogP contribution >= 0.6 is 0 Å². The number of quaternary nitrogens is 1. The lowest BCUT2D eigenvalue weighted by atomic mass is 9.92. The minimum atomic E-state index is 0.0660. The normalized spacial score (nSPS) is 27.3. The Balaban J connectivity index is 1.54. The zero-order valence-electron chi connectivity index (χ0n) is 14.7. The SMILES string of the molecule is C[C@H]1C[C@H](C)C[NH+](CC(=O)Nc2ccc(N3CCCC3=O)cc2)C1. The van der Waals surface area contributed by atoms with Crippen LogP contribution in [0.2, 0.25) is 0 Å². The Bertz CT molecular complexity index is 589. The second-order valence-corrected chi connectivity index (χ2v) is 7.53. The molecule has 1 aromatic rings. The Morgan fingerprint density at radius 2 is 1.88 bits per heavy atom. The molecule has 2 aliphatic rings. The summed E-state index contributed by atoms with van der Waals surface area (Å²) >= 11 is 0. The summed E-state index contributed by atoms with van der Waals surface area (Å²) in [6.07, 6.45) is 2.82. The number of carbonyl (C=O) groups is 2. The van der Waals surface area contributed by atoms with E-state index in [2.05, 4.69) is 19.2 Å². The summed E-state index contributed by atoms with van der Waals surface area (Å²) in [4.78, 5) is 27.2. The van der Waals surface area contributed by atoms with Crippen LogP contribution in [0.25, 0.3) is 0 Å². The topological polar surface area (TPSA) is 53.9 Å². The predicted octanol–water partition coefficient (Wildman–Crippen LogP) is 1.31. The Kier molecular flexibility index (Phi) is 5.19. The highest BCUT2D eigenvalue weighted by molar-refractivity contribution is 5.96. The van der Waals surface area contributed by atoms with Crippen molar-refractivity contribution in [2.75, 3.05) is 36.4 Å². The van der Waals surface area contributed by atoms with Gasteiger partial charge in [0.05, 0.1) is 13.1 Å². The number of hydrogen-bond donors (Lipinski definition) is 2. The first kappa shape index (κ1) is 17.0. The average molecular weight is 330 g/mol. The fourth-order valence-electron chi connectivity index (χ4n) is 4.14. The molecule has 3 rings (SSSR count). The van der Waals surface area contributed by atoms with E-state index in [0.29, 0.717) is 24.8 Å². The van der Waals surface area contributed by atoms with Crippen molar-refractivity contribution in [2.45, 2.75) is 33.1 Å². The van der Waals surface area contributed by atoms with Crippen LogP contribution in [-0.2, 0) is 9.59 Å². The van der Waals surface area contributed by atoms with Crippen LogP contribution in [0.5, 0.6) is 0 Å². The lowest BCUT2D eigenvalue weighted by Crippen LogP contribution is -3.15. The van der Waals surface area contributed by atoms with Crippen LogP contribution in [0.3, 0.4) is 0 Å². The molecular formula is C19H28N3O2+. The van der Waals surface area contributed by atoms with E-state index in [1.165, 1.54) is 11.3 Å². The number of benzene rings is 1. The molecule has 130 valence electrons. The molecule has 2 saturated heterocycles. The maximum Gasteiger partial charge on any atom is 0.279 e. The molecule has 1 aromatic carbocycles. The number of rotatable bonds is 4. The minimum absolute atomic E-state index is 0.0660. The molecule has 2 heterocycles. The van der Waals surface area contributed by atoms with Gasteiger partial charge < -0.3 is 15.1 Å². The van der Waals surface area contributed by atoms with E-state index >= 15 is 0 Å². The fourth-order valence-corrected chi connectivity index (χ4v) is 4.14. The van der Waals surface area contributed by atoms with Crippen LogP contribution in [-0.4, -0.2) is 38.0 Å². The van der Waals surface area contributed by atoms with Crippen molar-refractivity contribution < 1.29 is 14.5 Å². The smallest absolute Gasteiger partial charge is 0.279 e. The van der Waals surface area contributed by atoms with Crippen LogP contribution in [0.4, 0.5) is 11.4 Å². The second-order valence-electron chi connectivity index (χ2n) is 7.53. The van der Waals surface area contributed by atoms with Gasteiger partial charge in [0.15, 0.2) is 6.54 Å². The second kappa shape index (κ2) is 7.34. The van der Waals surface area contributed by atoms with Gasteiger partial charge in [0, 0.05) is 36.2 Å². The lowest BCUT2D eigenvalue weighted by Gasteiger charge is -2.31. The zero-order chi connectivity index (χ0) is 17.1. The molecule has 2 amide bonds. The quantitative estimate of drug-likeness (QED) is 0.875. The molecule has 0 aromatic heterocycles. The summed E-state index contributed by atoms with van der Waals surface area (Å²) in [5.74, 6) is 1.63. The van der Waals surface area contributed by atoms with Crippen LogP contribution in [0.15, 0.2) is 24.3 Å². The first-order valence-electron chi connectivity index (χ1n) is 9.05. The number of piperidine rings is 1. The number of nitrogens with zero attached hydrogens (tertiary/aromatic N) is 1. The highest BCUT2D eigenvalue weighted by Gasteiger charge is 2.26. The summed E-state index contributed by atoms with van der Waals surface area (Å²) < 4.78 is 0. The van der Waals surface area contributed by atoms with E-state index in [4.69, 9.17) is 0 Å². The van der Waals surface area contributed by atoms with Crippen LogP contribution in [0.1, 0.15) is 33.1 Å². The van der Waals surface area contributed by atoms with E-state index < -0.39 is 0 Å². The number of carbonyl (C=O) groups excluding carboxylic acids is 2. The first-order chi connectivity index (χ1) is 11.5. The van der Waals surface area contributed by atoms with Crippen LogP contribution in [0, 0.1) is 11.8 Å². The molecule has 2 atom stereocenters. The Hall–Kier alpha value is -1.88. The number of likely N-dealkylation sites (tertiary alicyclic amines) is 1. The summed E-state index contributed by atoms with van der Waals surface area (Å²) in [7, 11) is 0. The van der Waals surface area contributed by atoms with E-state index in [1.807, 2.05) is 29.2 Å². The highest BCUT2D eigenvalue weighted by Crippen LogP contribution is 2.22. The first-order valence-corrected chi connectivity index (χ1v) is 9.05. The number of anilines is 2. The van der Waals surface area contributed by atoms with E-state index in [-0.39, 0.29) is 11.8 Å². The Labute approximate surface area is 144 Å². The van der Waals surface area contributed by atoms with Crippen molar-refractivity contribution in [1.29, 1.82) is 0 Å². The van der Waals surface area contributed by atoms with Crippen LogP contribution < -0.4 is 15.1 Å². The number of nitrogens with one attached hydrogen (secondary N) is 2. The minimum Gasteiger partial charge on any atom is -0.327 e. The monoisotopic (exact) mass is 330 g/mol. The van der Waals surface area contributed by atoms with E-state index in [1.54, 1.807) is 0 Å². The van der Waals surface area contributed by atoms with Crippen molar-refractivity contribution >= 4 is 23.2 Å². The fraction of sp³-hybridized carbons (Fsp3) is 0.579. The molecular weight excluding hydrogens is 302 g/mol. The number of amides is 2. The van der Waals surface area contributed by atoms with Gasteiger partial charge in [0.2, 0.25) is 5.91 Å². The maximum atomic E-state index is 12.3. The van der Waals surface area contributed by atoms with Gasteiger partial charge in [0.1, 0.15) is 0 Å². The highest BCUT2D eigenvalue weighted by atomic mass is 16.2. The molecule has 2 N–H and O–H groups in total. The van der Waals surface area contributed by atoms with Gasteiger partial charge in [-0.25, -0.2) is 0 Å².